The monoisotopic (exact) mass is 412 g/mol. The van der Waals surface area contributed by atoms with Crippen molar-refractivity contribution in [3.8, 4) is 34.4 Å². The molecule has 30 heavy (non-hydrogen) atoms. The minimum Gasteiger partial charge on any atom is -0.490 e. The molecule has 0 unspecified atom stereocenters. The SMILES string of the molecule is c1ccc2c(c1)OCCOCCOCCOCCOc1ccccc1-c1nnc-2o1. The molecule has 0 radical (unpaired) electrons. The van der Waals surface area contributed by atoms with Crippen LogP contribution in [0.2, 0.25) is 0 Å². The summed E-state index contributed by atoms with van der Waals surface area (Å²) in [7, 11) is 0. The van der Waals surface area contributed by atoms with Crippen LogP contribution >= 0.6 is 0 Å². The van der Waals surface area contributed by atoms with Gasteiger partial charge >= 0.3 is 0 Å². The van der Waals surface area contributed by atoms with Gasteiger partial charge in [-0.2, -0.15) is 0 Å². The van der Waals surface area contributed by atoms with E-state index in [-0.39, 0.29) is 0 Å². The first-order valence-electron chi connectivity index (χ1n) is 9.93. The second-order valence-corrected chi connectivity index (χ2v) is 6.44. The minimum absolute atomic E-state index is 0.377. The Morgan fingerprint density at radius 1 is 0.500 bits per heavy atom. The Bertz CT molecular complexity index is 857. The predicted molar refractivity (Wildman–Crippen MR) is 109 cm³/mol. The van der Waals surface area contributed by atoms with Gasteiger partial charge in [0.05, 0.1) is 50.8 Å². The van der Waals surface area contributed by atoms with Gasteiger partial charge in [-0.1, -0.05) is 24.3 Å². The van der Waals surface area contributed by atoms with E-state index < -0.39 is 0 Å². The molecule has 8 nitrogen and oxygen atoms in total. The van der Waals surface area contributed by atoms with Crippen molar-refractivity contribution in [1.29, 1.82) is 0 Å². The summed E-state index contributed by atoms with van der Waals surface area (Å²) in [6.45, 7) is 3.72. The van der Waals surface area contributed by atoms with E-state index in [1.807, 2.05) is 48.5 Å². The van der Waals surface area contributed by atoms with Gasteiger partial charge in [0.25, 0.3) is 11.8 Å². The van der Waals surface area contributed by atoms with Crippen LogP contribution in [0.25, 0.3) is 22.9 Å². The van der Waals surface area contributed by atoms with Crippen molar-refractivity contribution in [2.45, 2.75) is 0 Å². The molecule has 0 N–H and O–H groups in total. The van der Waals surface area contributed by atoms with E-state index in [9.17, 15) is 0 Å². The summed E-state index contributed by atoms with van der Waals surface area (Å²) < 4.78 is 34.2. The maximum atomic E-state index is 5.96. The maximum absolute atomic E-state index is 5.96. The second kappa shape index (κ2) is 10.7. The average Bonchev–Trinajstić information content (AvgIpc) is 3.27. The standard InChI is InChI=1S/C22H24N2O6/c1-3-7-19-17(5-1)21-23-24-22(30-21)18-6-2-4-8-20(18)29-16-14-27-12-10-25-9-11-26-13-15-28-19/h1-8H,9-16H2. The van der Waals surface area contributed by atoms with Crippen LogP contribution in [0, 0.1) is 0 Å². The molecule has 8 heteroatoms. The molecular weight excluding hydrogens is 388 g/mol. The lowest BCUT2D eigenvalue weighted by atomic mass is 10.2. The van der Waals surface area contributed by atoms with E-state index in [1.54, 1.807) is 0 Å². The Morgan fingerprint density at radius 2 is 0.900 bits per heavy atom. The van der Waals surface area contributed by atoms with Gasteiger partial charge in [0.15, 0.2) is 0 Å². The van der Waals surface area contributed by atoms with Gasteiger partial charge in [0.1, 0.15) is 24.7 Å². The lowest BCUT2D eigenvalue weighted by Gasteiger charge is -2.11. The van der Waals surface area contributed by atoms with Crippen LogP contribution in [0.15, 0.2) is 52.9 Å². The van der Waals surface area contributed by atoms with E-state index in [0.29, 0.717) is 76.1 Å². The fourth-order valence-corrected chi connectivity index (χ4v) is 2.94. The lowest BCUT2D eigenvalue weighted by molar-refractivity contribution is 0.00502. The Labute approximate surface area is 174 Å². The first-order chi connectivity index (χ1) is 14.9. The molecule has 2 aromatic carbocycles. The van der Waals surface area contributed by atoms with Crippen LogP contribution in [-0.4, -0.2) is 63.1 Å². The summed E-state index contributed by atoms with van der Waals surface area (Å²) in [4.78, 5) is 0. The van der Waals surface area contributed by atoms with Crippen LogP contribution in [0.5, 0.6) is 11.5 Å². The van der Waals surface area contributed by atoms with Crippen LogP contribution in [0.3, 0.4) is 0 Å². The summed E-state index contributed by atoms with van der Waals surface area (Å²) in [5.41, 5.74) is 1.45. The number of rotatable bonds is 0. The fourth-order valence-electron chi connectivity index (χ4n) is 2.94. The number of benzene rings is 2. The summed E-state index contributed by atoms with van der Waals surface area (Å²) >= 11 is 0. The van der Waals surface area contributed by atoms with E-state index in [2.05, 4.69) is 10.2 Å². The molecule has 2 heterocycles. The molecule has 4 rings (SSSR count). The Morgan fingerprint density at radius 3 is 1.37 bits per heavy atom. The van der Waals surface area contributed by atoms with Crippen molar-refractivity contribution in [2.24, 2.45) is 0 Å². The molecule has 1 aliphatic rings. The summed E-state index contributed by atoms with van der Waals surface area (Å²) in [5.74, 6) is 2.07. The van der Waals surface area contributed by atoms with Crippen molar-refractivity contribution < 1.29 is 28.1 Å². The number of ether oxygens (including phenoxy) is 5. The van der Waals surface area contributed by atoms with Gasteiger partial charge < -0.3 is 28.1 Å². The van der Waals surface area contributed by atoms with E-state index in [0.717, 1.165) is 11.1 Å². The average molecular weight is 412 g/mol. The molecule has 0 amide bonds. The highest BCUT2D eigenvalue weighted by atomic mass is 16.6. The molecule has 158 valence electrons. The first kappa shape index (κ1) is 20.3. The number of hydrogen-bond acceptors (Lipinski definition) is 8. The van der Waals surface area contributed by atoms with E-state index in [1.165, 1.54) is 0 Å². The molecule has 0 spiro atoms. The molecule has 0 atom stereocenters. The third kappa shape index (κ3) is 5.35. The zero-order chi connectivity index (χ0) is 20.4. The number of para-hydroxylation sites is 2. The molecule has 1 aromatic heterocycles. The Balaban J connectivity index is 1.57. The highest BCUT2D eigenvalue weighted by molar-refractivity contribution is 5.66. The van der Waals surface area contributed by atoms with Gasteiger partial charge in [0, 0.05) is 0 Å². The van der Waals surface area contributed by atoms with Gasteiger partial charge in [-0.05, 0) is 24.3 Å². The molecule has 0 aliphatic carbocycles. The number of aromatic nitrogens is 2. The first-order valence-corrected chi connectivity index (χ1v) is 9.93. The molecule has 0 saturated carbocycles. The Kier molecular flexibility index (Phi) is 7.27. The topological polar surface area (TPSA) is 85.1 Å². The smallest absolute Gasteiger partial charge is 0.251 e. The second-order valence-electron chi connectivity index (χ2n) is 6.44. The van der Waals surface area contributed by atoms with Crippen molar-refractivity contribution in [3.63, 3.8) is 0 Å². The molecule has 1 aliphatic heterocycles. The molecular formula is C22H24N2O6. The van der Waals surface area contributed by atoms with Gasteiger partial charge in [-0.25, -0.2) is 0 Å². The maximum Gasteiger partial charge on any atom is 0.251 e. The molecule has 2 bridgehead atoms. The van der Waals surface area contributed by atoms with Crippen molar-refractivity contribution in [3.05, 3.63) is 48.5 Å². The van der Waals surface area contributed by atoms with Crippen LogP contribution in [-0.2, 0) is 14.2 Å². The van der Waals surface area contributed by atoms with Gasteiger partial charge in [0.2, 0.25) is 0 Å². The van der Waals surface area contributed by atoms with E-state index >= 15 is 0 Å². The van der Waals surface area contributed by atoms with Crippen LogP contribution in [0.1, 0.15) is 0 Å². The lowest BCUT2D eigenvalue weighted by Crippen LogP contribution is -2.14. The molecule has 0 saturated heterocycles. The number of nitrogens with zero attached hydrogens (tertiary/aromatic N) is 2. The largest absolute Gasteiger partial charge is 0.490 e. The van der Waals surface area contributed by atoms with Crippen LogP contribution in [0.4, 0.5) is 0 Å². The predicted octanol–water partition coefficient (Wildman–Crippen LogP) is 3.22. The minimum atomic E-state index is 0.377. The normalized spacial score (nSPS) is 16.4. The summed E-state index contributed by atoms with van der Waals surface area (Å²) in [6.07, 6.45) is 0. The third-order valence-corrected chi connectivity index (χ3v) is 4.37. The zero-order valence-corrected chi connectivity index (χ0v) is 16.6. The van der Waals surface area contributed by atoms with Gasteiger partial charge in [-0.3, -0.25) is 0 Å². The molecule has 0 fully saturated rings. The van der Waals surface area contributed by atoms with Crippen molar-refractivity contribution in [2.75, 3.05) is 52.9 Å². The highest BCUT2D eigenvalue weighted by Gasteiger charge is 2.17. The van der Waals surface area contributed by atoms with Crippen molar-refractivity contribution >= 4 is 0 Å². The van der Waals surface area contributed by atoms with Gasteiger partial charge in [-0.15, -0.1) is 10.2 Å². The summed E-state index contributed by atoms with van der Waals surface area (Å²) in [6, 6.07) is 15.1. The number of hydrogen-bond donors (Lipinski definition) is 0. The van der Waals surface area contributed by atoms with Crippen LogP contribution < -0.4 is 9.47 Å². The quantitative estimate of drug-likeness (QED) is 0.556. The molecule has 3 aromatic rings. The third-order valence-electron chi connectivity index (χ3n) is 4.37. The Hall–Kier alpha value is -2.94. The highest BCUT2D eigenvalue weighted by Crippen LogP contribution is 2.34. The van der Waals surface area contributed by atoms with E-state index in [4.69, 9.17) is 28.1 Å². The van der Waals surface area contributed by atoms with Crippen molar-refractivity contribution in [1.82, 2.24) is 10.2 Å². The zero-order valence-electron chi connectivity index (χ0n) is 16.6. The number of fused-ring (bicyclic) bond motifs is 6. The fraction of sp³-hybridized carbons (Fsp3) is 0.364. The summed E-state index contributed by atoms with van der Waals surface area (Å²) in [5, 5.41) is 8.43.